The van der Waals surface area contributed by atoms with Crippen LogP contribution in [0, 0.1) is 11.8 Å². The lowest BCUT2D eigenvalue weighted by molar-refractivity contribution is -0.351. The van der Waals surface area contributed by atoms with Gasteiger partial charge in [-0.2, -0.15) is 0 Å². The smallest absolute Gasteiger partial charge is 0.353 e. The molecular weight excluding hydrogens is 445 g/mol. The second-order valence-corrected chi connectivity index (χ2v) is 9.04. The fraction of sp³-hybridized carbons (Fsp3) is 0.478. The van der Waals surface area contributed by atoms with E-state index in [9.17, 15) is 22.8 Å². The Kier molecular flexibility index (Phi) is 6.62. The van der Waals surface area contributed by atoms with Crippen molar-refractivity contribution in [1.82, 2.24) is 5.32 Å². The minimum Gasteiger partial charge on any atom is -0.353 e. The Morgan fingerprint density at radius 3 is 2.16 bits per heavy atom. The van der Waals surface area contributed by atoms with Crippen molar-refractivity contribution in [1.29, 1.82) is 0 Å². The van der Waals surface area contributed by atoms with Gasteiger partial charge in [-0.1, -0.05) is 23.7 Å². The molecule has 0 saturated heterocycles. The predicted octanol–water partition coefficient (Wildman–Crippen LogP) is 5.42. The average Bonchev–Trinajstić information content (AvgIpc) is 2.71. The maximum absolute atomic E-state index is 12.7. The average molecular weight is 469 g/mol. The van der Waals surface area contributed by atoms with Crippen molar-refractivity contribution in [3.63, 3.8) is 0 Å². The van der Waals surface area contributed by atoms with Gasteiger partial charge in [0.05, 0.1) is 6.10 Å². The van der Waals surface area contributed by atoms with Gasteiger partial charge in [0.25, 0.3) is 0 Å². The summed E-state index contributed by atoms with van der Waals surface area (Å²) in [6, 6.07) is 10.9. The molecule has 2 aromatic carbocycles. The van der Waals surface area contributed by atoms with Crippen molar-refractivity contribution in [2.24, 2.45) is 11.8 Å². The molecule has 0 unspecified atom stereocenters. The van der Waals surface area contributed by atoms with Gasteiger partial charge < -0.3 is 10.6 Å². The number of fused-ring (bicyclic) bond motifs is 1. The van der Waals surface area contributed by atoms with E-state index in [1.807, 2.05) is 30.3 Å². The number of rotatable bonds is 5. The Bertz CT molecular complexity index is 1000. The molecule has 32 heavy (non-hydrogen) atoms. The van der Waals surface area contributed by atoms with Gasteiger partial charge in [0.15, 0.2) is 0 Å². The van der Waals surface area contributed by atoms with E-state index < -0.39 is 12.5 Å². The highest BCUT2D eigenvalue weighted by Gasteiger charge is 2.41. The van der Waals surface area contributed by atoms with Crippen molar-refractivity contribution in [3.05, 3.63) is 41.4 Å². The lowest BCUT2D eigenvalue weighted by atomic mass is 9.80. The van der Waals surface area contributed by atoms with Crippen LogP contribution in [0.2, 0.25) is 5.02 Å². The minimum atomic E-state index is -4.64. The first-order chi connectivity index (χ1) is 15.2. The molecule has 2 aliphatic rings. The van der Waals surface area contributed by atoms with Crippen LogP contribution in [0.25, 0.3) is 10.8 Å². The zero-order chi connectivity index (χ0) is 22.9. The molecular formula is C23H24ClF3N2O3. The summed E-state index contributed by atoms with van der Waals surface area (Å²) in [6.45, 7) is 0. The molecule has 5 nitrogen and oxygen atoms in total. The van der Waals surface area contributed by atoms with Crippen molar-refractivity contribution in [2.45, 2.75) is 57.0 Å². The monoisotopic (exact) mass is 468 g/mol. The second-order valence-electron chi connectivity index (χ2n) is 8.61. The molecule has 2 amide bonds. The zero-order valence-corrected chi connectivity index (χ0v) is 18.0. The third-order valence-corrected chi connectivity index (χ3v) is 6.52. The van der Waals surface area contributed by atoms with Crippen LogP contribution in [0.1, 0.15) is 38.5 Å². The summed E-state index contributed by atoms with van der Waals surface area (Å²) >= 11 is 6.00. The number of ether oxygens (including phenoxy) is 1. The Balaban J connectivity index is 1.22. The number of halogens is 4. The molecule has 2 aliphatic carbocycles. The largest absolute Gasteiger partial charge is 0.522 e. The van der Waals surface area contributed by atoms with Crippen LogP contribution in [-0.4, -0.2) is 30.3 Å². The summed E-state index contributed by atoms with van der Waals surface area (Å²) in [6.07, 6.45) is -2.84. The number of carbonyl (C=O) groups is 2. The van der Waals surface area contributed by atoms with Crippen molar-refractivity contribution in [3.8, 4) is 0 Å². The molecule has 0 spiro atoms. The van der Waals surface area contributed by atoms with Gasteiger partial charge in [-0.15, -0.1) is 13.2 Å². The first-order valence-electron chi connectivity index (χ1n) is 10.7. The molecule has 0 atom stereocenters. The van der Waals surface area contributed by atoms with Gasteiger partial charge in [-0.3, -0.25) is 14.3 Å². The molecule has 2 fully saturated rings. The van der Waals surface area contributed by atoms with E-state index in [2.05, 4.69) is 15.4 Å². The maximum Gasteiger partial charge on any atom is 0.522 e. The Morgan fingerprint density at radius 1 is 0.906 bits per heavy atom. The molecule has 0 bridgehead atoms. The zero-order valence-electron chi connectivity index (χ0n) is 17.3. The third-order valence-electron chi connectivity index (χ3n) is 6.28. The van der Waals surface area contributed by atoms with Crippen LogP contribution in [0.3, 0.4) is 0 Å². The Labute approximate surface area is 188 Å². The minimum absolute atomic E-state index is 0.0664. The Morgan fingerprint density at radius 2 is 1.50 bits per heavy atom. The van der Waals surface area contributed by atoms with E-state index in [4.69, 9.17) is 11.6 Å². The van der Waals surface area contributed by atoms with Crippen LogP contribution >= 0.6 is 11.6 Å². The summed E-state index contributed by atoms with van der Waals surface area (Å²) in [4.78, 5) is 25.1. The molecule has 0 aliphatic heterocycles. The maximum atomic E-state index is 12.7. The molecule has 0 aromatic heterocycles. The van der Waals surface area contributed by atoms with Crippen LogP contribution in [0.5, 0.6) is 0 Å². The number of alkyl halides is 3. The topological polar surface area (TPSA) is 67.4 Å². The van der Waals surface area contributed by atoms with Gasteiger partial charge >= 0.3 is 6.36 Å². The third kappa shape index (κ3) is 5.72. The summed E-state index contributed by atoms with van der Waals surface area (Å²) < 4.78 is 40.5. The van der Waals surface area contributed by atoms with E-state index in [0.29, 0.717) is 36.4 Å². The highest BCUT2D eigenvalue weighted by atomic mass is 35.5. The molecule has 0 heterocycles. The van der Waals surface area contributed by atoms with E-state index in [-0.39, 0.29) is 42.5 Å². The second kappa shape index (κ2) is 9.27. The fourth-order valence-corrected chi connectivity index (χ4v) is 4.62. The summed E-state index contributed by atoms with van der Waals surface area (Å²) in [7, 11) is 0. The van der Waals surface area contributed by atoms with Crippen molar-refractivity contribution >= 4 is 39.9 Å². The van der Waals surface area contributed by atoms with Gasteiger partial charge in [0, 0.05) is 28.6 Å². The SMILES string of the molecule is O=C(Nc1ccc2cc(Cl)ccc2c1)[C@H]1CC[C@H](C(=O)N[C@H]2C[C@@H](OC(F)(F)F)C2)CC1. The molecule has 172 valence electrons. The van der Waals surface area contributed by atoms with Crippen LogP contribution in [0.4, 0.5) is 18.9 Å². The number of amides is 2. The van der Waals surface area contributed by atoms with Gasteiger partial charge in [0.2, 0.25) is 11.8 Å². The number of carbonyl (C=O) groups excluding carboxylic acids is 2. The first kappa shape index (κ1) is 22.9. The fourth-order valence-electron chi connectivity index (χ4n) is 4.44. The van der Waals surface area contributed by atoms with Gasteiger partial charge in [-0.05, 0) is 73.6 Å². The number of hydrogen-bond acceptors (Lipinski definition) is 3. The summed E-state index contributed by atoms with van der Waals surface area (Å²) in [5, 5.41) is 8.39. The van der Waals surface area contributed by atoms with Crippen molar-refractivity contribution in [2.75, 3.05) is 5.32 Å². The van der Waals surface area contributed by atoms with Crippen LogP contribution < -0.4 is 10.6 Å². The number of anilines is 1. The van der Waals surface area contributed by atoms with Crippen LogP contribution in [-0.2, 0) is 14.3 Å². The summed E-state index contributed by atoms with van der Waals surface area (Å²) in [5.41, 5.74) is 0.713. The molecule has 2 N–H and O–H groups in total. The quantitative estimate of drug-likeness (QED) is 0.615. The van der Waals surface area contributed by atoms with Crippen LogP contribution in [0.15, 0.2) is 36.4 Å². The van der Waals surface area contributed by atoms with E-state index in [1.54, 1.807) is 6.07 Å². The van der Waals surface area contributed by atoms with E-state index in [0.717, 1.165) is 10.8 Å². The predicted molar refractivity (Wildman–Crippen MR) is 115 cm³/mol. The number of hydrogen-bond donors (Lipinski definition) is 2. The molecule has 9 heteroatoms. The molecule has 2 saturated carbocycles. The van der Waals surface area contributed by atoms with Crippen molar-refractivity contribution < 1.29 is 27.5 Å². The molecule has 2 aromatic rings. The highest BCUT2D eigenvalue weighted by molar-refractivity contribution is 6.31. The Hall–Kier alpha value is -2.32. The number of benzene rings is 2. The molecule has 4 rings (SSSR count). The van der Waals surface area contributed by atoms with Gasteiger partial charge in [-0.25, -0.2) is 0 Å². The lowest BCUT2D eigenvalue weighted by Gasteiger charge is -2.37. The number of nitrogens with one attached hydrogen (secondary N) is 2. The first-order valence-corrected chi connectivity index (χ1v) is 11.1. The normalized spacial score (nSPS) is 25.8. The molecule has 0 radical (unpaired) electrons. The summed E-state index contributed by atoms with van der Waals surface area (Å²) in [5.74, 6) is -0.601. The van der Waals surface area contributed by atoms with E-state index in [1.165, 1.54) is 0 Å². The van der Waals surface area contributed by atoms with Gasteiger partial charge in [0.1, 0.15) is 0 Å². The highest BCUT2D eigenvalue weighted by Crippen LogP contribution is 2.33. The standard InChI is InChI=1S/C23H24ClF3N2O3/c24-17-7-5-16-10-18(8-6-15(16)9-17)28-21(30)13-1-3-14(4-2-13)22(31)29-19-11-20(12-19)32-23(25,26)27/h5-10,13-14,19-20H,1-4,11-12H2,(H,28,30)(H,29,31)/t13-,14-,19-,20+. The van der Waals surface area contributed by atoms with E-state index >= 15 is 0 Å². The lowest BCUT2D eigenvalue weighted by Crippen LogP contribution is -2.51.